The van der Waals surface area contributed by atoms with Gasteiger partial charge in [-0.1, -0.05) is 6.08 Å². The maximum atomic E-state index is 11.1. The fourth-order valence-corrected chi connectivity index (χ4v) is 1.95. The molecule has 1 heterocycles. The topological polar surface area (TPSA) is 82.0 Å². The van der Waals surface area contributed by atoms with E-state index in [2.05, 4.69) is 11.1 Å². The van der Waals surface area contributed by atoms with Crippen LogP contribution in [-0.2, 0) is 0 Å². The van der Waals surface area contributed by atoms with E-state index in [0.717, 1.165) is 18.4 Å². The number of nitrogens with zero attached hydrogens (tertiary/aromatic N) is 1. The molecule has 1 aromatic heterocycles. The highest BCUT2D eigenvalue weighted by Crippen LogP contribution is 2.27. The molecule has 1 aliphatic carbocycles. The van der Waals surface area contributed by atoms with Crippen LogP contribution in [0.3, 0.4) is 0 Å². The Kier molecular flexibility index (Phi) is 2.90. The third-order valence-electron chi connectivity index (χ3n) is 2.85. The van der Waals surface area contributed by atoms with Gasteiger partial charge < -0.3 is 11.5 Å². The van der Waals surface area contributed by atoms with Crippen LogP contribution >= 0.6 is 0 Å². The van der Waals surface area contributed by atoms with E-state index in [9.17, 15) is 4.79 Å². The number of pyridine rings is 1. The van der Waals surface area contributed by atoms with Crippen LogP contribution in [0.15, 0.2) is 18.3 Å². The maximum Gasteiger partial charge on any atom is 0.252 e. The molecule has 0 spiro atoms. The molecule has 0 unspecified atom stereocenters. The van der Waals surface area contributed by atoms with Crippen LogP contribution < -0.4 is 11.5 Å². The Balaban J connectivity index is 2.39. The number of aromatic nitrogens is 1. The molecule has 2 rings (SSSR count). The highest BCUT2D eigenvalue weighted by Gasteiger charge is 2.11. The van der Waals surface area contributed by atoms with Gasteiger partial charge >= 0.3 is 0 Å². The van der Waals surface area contributed by atoms with Crippen molar-refractivity contribution in [3.63, 3.8) is 0 Å². The molecule has 1 amide bonds. The number of primary amides is 1. The standard InChI is InChI=1S/C12H15N3O/c13-11-10(12(14)16)6-9(7-15-11)8-4-2-1-3-5-8/h4,6-7H,1-3,5H2,(H2,13,15)(H2,14,16). The van der Waals surface area contributed by atoms with Gasteiger partial charge in [-0.05, 0) is 42.9 Å². The molecule has 0 bridgehead atoms. The van der Waals surface area contributed by atoms with E-state index in [1.54, 1.807) is 12.3 Å². The van der Waals surface area contributed by atoms with Crippen molar-refractivity contribution in [3.8, 4) is 0 Å². The monoisotopic (exact) mass is 217 g/mol. The predicted molar refractivity (Wildman–Crippen MR) is 63.6 cm³/mol. The molecule has 0 atom stereocenters. The first-order chi connectivity index (χ1) is 7.68. The smallest absolute Gasteiger partial charge is 0.252 e. The summed E-state index contributed by atoms with van der Waals surface area (Å²) in [5, 5.41) is 0. The van der Waals surface area contributed by atoms with Crippen molar-refractivity contribution in [1.29, 1.82) is 0 Å². The Morgan fingerprint density at radius 3 is 2.81 bits per heavy atom. The lowest BCUT2D eigenvalue weighted by Crippen LogP contribution is -2.15. The second-order valence-corrected chi connectivity index (χ2v) is 4.00. The highest BCUT2D eigenvalue weighted by atomic mass is 16.1. The van der Waals surface area contributed by atoms with Crippen molar-refractivity contribution in [3.05, 3.63) is 29.5 Å². The minimum atomic E-state index is -0.525. The number of allylic oxidation sites excluding steroid dienone is 2. The quantitative estimate of drug-likeness (QED) is 0.791. The summed E-state index contributed by atoms with van der Waals surface area (Å²) < 4.78 is 0. The van der Waals surface area contributed by atoms with E-state index in [1.807, 2.05) is 0 Å². The Labute approximate surface area is 94.4 Å². The van der Waals surface area contributed by atoms with Crippen LogP contribution in [0.25, 0.3) is 5.57 Å². The number of rotatable bonds is 2. The molecule has 16 heavy (non-hydrogen) atoms. The number of nitrogens with two attached hydrogens (primary N) is 2. The zero-order valence-electron chi connectivity index (χ0n) is 9.07. The van der Waals surface area contributed by atoms with E-state index in [0.29, 0.717) is 5.56 Å². The molecular formula is C12H15N3O. The Bertz CT molecular complexity index is 452. The maximum absolute atomic E-state index is 11.1. The zero-order chi connectivity index (χ0) is 11.5. The van der Waals surface area contributed by atoms with Crippen LogP contribution in [0.4, 0.5) is 5.82 Å². The largest absolute Gasteiger partial charge is 0.383 e. The summed E-state index contributed by atoms with van der Waals surface area (Å²) in [6, 6.07) is 1.74. The molecule has 4 heteroatoms. The molecular weight excluding hydrogens is 202 g/mol. The molecule has 4 nitrogen and oxygen atoms in total. The number of carbonyl (C=O) groups is 1. The van der Waals surface area contributed by atoms with Gasteiger partial charge in [0.25, 0.3) is 5.91 Å². The Morgan fingerprint density at radius 2 is 2.19 bits per heavy atom. The van der Waals surface area contributed by atoms with E-state index < -0.39 is 5.91 Å². The first-order valence-corrected chi connectivity index (χ1v) is 5.43. The SMILES string of the molecule is NC(=O)c1cc(C2=CCCCC2)cnc1N. The second kappa shape index (κ2) is 4.35. The first kappa shape index (κ1) is 10.7. The molecule has 0 fully saturated rings. The Hall–Kier alpha value is -1.84. The number of carbonyl (C=O) groups excluding carboxylic acids is 1. The molecule has 0 saturated carbocycles. The molecule has 84 valence electrons. The summed E-state index contributed by atoms with van der Waals surface area (Å²) in [6.07, 6.45) is 8.44. The summed E-state index contributed by atoms with van der Waals surface area (Å²) >= 11 is 0. The number of amides is 1. The average Bonchev–Trinajstić information content (AvgIpc) is 2.30. The molecule has 0 radical (unpaired) electrons. The summed E-state index contributed by atoms with van der Waals surface area (Å²) in [5.41, 5.74) is 13.3. The predicted octanol–water partition coefficient (Wildman–Crippen LogP) is 1.72. The summed E-state index contributed by atoms with van der Waals surface area (Å²) in [5.74, 6) is -0.323. The molecule has 1 aromatic rings. The molecule has 4 N–H and O–H groups in total. The van der Waals surface area contributed by atoms with Crippen molar-refractivity contribution >= 4 is 17.3 Å². The summed E-state index contributed by atoms with van der Waals surface area (Å²) in [7, 11) is 0. The third kappa shape index (κ3) is 2.05. The molecule has 1 aliphatic rings. The van der Waals surface area contributed by atoms with Crippen LogP contribution in [0, 0.1) is 0 Å². The van der Waals surface area contributed by atoms with Crippen LogP contribution in [0.1, 0.15) is 41.6 Å². The van der Waals surface area contributed by atoms with E-state index in [4.69, 9.17) is 11.5 Å². The summed E-state index contributed by atoms with van der Waals surface area (Å²) in [4.78, 5) is 15.2. The summed E-state index contributed by atoms with van der Waals surface area (Å²) in [6.45, 7) is 0. The van der Waals surface area contributed by atoms with Crippen molar-refractivity contribution < 1.29 is 4.79 Å². The van der Waals surface area contributed by atoms with Gasteiger partial charge in [-0.3, -0.25) is 4.79 Å². The van der Waals surface area contributed by atoms with E-state index >= 15 is 0 Å². The van der Waals surface area contributed by atoms with Gasteiger partial charge in [0.05, 0.1) is 5.56 Å². The van der Waals surface area contributed by atoms with Crippen LogP contribution in [0.5, 0.6) is 0 Å². The fraction of sp³-hybridized carbons (Fsp3) is 0.333. The lowest BCUT2D eigenvalue weighted by Gasteiger charge is -2.13. The van der Waals surface area contributed by atoms with Crippen LogP contribution in [0.2, 0.25) is 0 Å². The molecule has 0 aromatic carbocycles. The van der Waals surface area contributed by atoms with Crippen LogP contribution in [-0.4, -0.2) is 10.9 Å². The molecule has 0 saturated heterocycles. The fourth-order valence-electron chi connectivity index (χ4n) is 1.95. The number of anilines is 1. The van der Waals surface area contributed by atoms with Gasteiger partial charge in [0, 0.05) is 6.20 Å². The number of hydrogen-bond acceptors (Lipinski definition) is 3. The van der Waals surface area contributed by atoms with Gasteiger partial charge in [-0.15, -0.1) is 0 Å². The van der Waals surface area contributed by atoms with Gasteiger partial charge in [-0.2, -0.15) is 0 Å². The van der Waals surface area contributed by atoms with Crippen molar-refractivity contribution in [2.24, 2.45) is 5.73 Å². The van der Waals surface area contributed by atoms with Gasteiger partial charge in [0.2, 0.25) is 0 Å². The zero-order valence-corrected chi connectivity index (χ0v) is 9.07. The lowest BCUT2D eigenvalue weighted by atomic mass is 9.94. The first-order valence-electron chi connectivity index (χ1n) is 5.43. The van der Waals surface area contributed by atoms with E-state index in [1.165, 1.54) is 18.4 Å². The van der Waals surface area contributed by atoms with Gasteiger partial charge in [-0.25, -0.2) is 4.98 Å². The average molecular weight is 217 g/mol. The van der Waals surface area contributed by atoms with Gasteiger partial charge in [0.1, 0.15) is 5.82 Å². The normalized spacial score (nSPS) is 15.6. The second-order valence-electron chi connectivity index (χ2n) is 4.00. The van der Waals surface area contributed by atoms with Gasteiger partial charge in [0.15, 0.2) is 0 Å². The Morgan fingerprint density at radius 1 is 1.38 bits per heavy atom. The highest BCUT2D eigenvalue weighted by molar-refractivity contribution is 5.97. The van der Waals surface area contributed by atoms with E-state index in [-0.39, 0.29) is 5.82 Å². The van der Waals surface area contributed by atoms with Crippen molar-refractivity contribution in [1.82, 2.24) is 4.98 Å². The number of nitrogen functional groups attached to an aromatic ring is 1. The van der Waals surface area contributed by atoms with Crippen molar-refractivity contribution in [2.75, 3.05) is 5.73 Å². The third-order valence-corrected chi connectivity index (χ3v) is 2.85. The lowest BCUT2D eigenvalue weighted by molar-refractivity contribution is 0.100. The minimum absolute atomic E-state index is 0.202. The number of hydrogen-bond donors (Lipinski definition) is 2. The van der Waals surface area contributed by atoms with Crippen molar-refractivity contribution in [2.45, 2.75) is 25.7 Å². The minimum Gasteiger partial charge on any atom is -0.383 e. The molecule has 0 aliphatic heterocycles.